The zero-order valence-corrected chi connectivity index (χ0v) is 23.3. The van der Waals surface area contributed by atoms with Crippen LogP contribution in [0.1, 0.15) is 42.9 Å². The molecule has 1 atom stereocenters. The molecule has 2 aromatic rings. The molecule has 1 amide bonds. The second kappa shape index (κ2) is 13.1. The van der Waals surface area contributed by atoms with Gasteiger partial charge in [-0.2, -0.15) is 0 Å². The molecule has 0 aromatic heterocycles. The molecule has 0 radical (unpaired) electrons. The highest BCUT2D eigenvalue weighted by molar-refractivity contribution is 5.96. The number of likely N-dealkylation sites (N-methyl/N-ethyl adjacent to an activating group) is 1. The molecule has 2 aliphatic heterocycles. The largest absolute Gasteiger partial charge is 0.494 e. The van der Waals surface area contributed by atoms with Gasteiger partial charge in [0.25, 0.3) is 0 Å². The molecule has 2 aromatic carbocycles. The standard InChI is InChI=1S/C30H42N4O4/c1-22-8-7-9-27(23(22)2)33-17-15-32(16-18-33)14-5-6-19-37-26-12-10-25-11-13-29(35)34(28(25)20-26)21-38-30(36)24(3)31-4/h7-10,12,20,24,31H,5-6,11,13-19,21H2,1-4H3. The molecular formula is C30H42N4O4. The van der Waals surface area contributed by atoms with Gasteiger partial charge in [0.15, 0.2) is 6.73 Å². The smallest absolute Gasteiger partial charge is 0.324 e. The van der Waals surface area contributed by atoms with Crippen LogP contribution < -0.4 is 19.9 Å². The number of aryl methyl sites for hydroxylation is 2. The molecule has 0 saturated carbocycles. The van der Waals surface area contributed by atoms with Crippen LogP contribution in [0.5, 0.6) is 5.75 Å². The van der Waals surface area contributed by atoms with Gasteiger partial charge in [0.05, 0.1) is 12.3 Å². The van der Waals surface area contributed by atoms with Gasteiger partial charge in [-0.1, -0.05) is 18.2 Å². The summed E-state index contributed by atoms with van der Waals surface area (Å²) in [6.07, 6.45) is 3.14. The van der Waals surface area contributed by atoms with Crippen LogP contribution in [0.25, 0.3) is 0 Å². The van der Waals surface area contributed by atoms with Gasteiger partial charge in [-0.05, 0) is 82.4 Å². The number of hydrogen-bond donors (Lipinski definition) is 1. The van der Waals surface area contributed by atoms with Crippen molar-refractivity contribution in [3.63, 3.8) is 0 Å². The summed E-state index contributed by atoms with van der Waals surface area (Å²) in [5.74, 6) is 0.309. The van der Waals surface area contributed by atoms with Crippen molar-refractivity contribution >= 4 is 23.3 Å². The van der Waals surface area contributed by atoms with Gasteiger partial charge < -0.3 is 19.7 Å². The summed E-state index contributed by atoms with van der Waals surface area (Å²) < 4.78 is 11.4. The number of nitrogens with zero attached hydrogens (tertiary/aromatic N) is 3. The number of anilines is 2. The number of ether oxygens (including phenoxy) is 2. The van der Waals surface area contributed by atoms with Gasteiger partial charge in [-0.15, -0.1) is 0 Å². The van der Waals surface area contributed by atoms with Crippen LogP contribution >= 0.6 is 0 Å². The highest BCUT2D eigenvalue weighted by Crippen LogP contribution is 2.32. The highest BCUT2D eigenvalue weighted by atomic mass is 16.5. The van der Waals surface area contributed by atoms with Gasteiger partial charge >= 0.3 is 5.97 Å². The number of esters is 1. The van der Waals surface area contributed by atoms with Gasteiger partial charge in [-0.3, -0.25) is 19.4 Å². The number of piperazine rings is 1. The van der Waals surface area contributed by atoms with E-state index in [1.54, 1.807) is 18.9 Å². The lowest BCUT2D eigenvalue weighted by Gasteiger charge is -2.37. The number of fused-ring (bicyclic) bond motifs is 1. The molecule has 206 valence electrons. The van der Waals surface area contributed by atoms with Gasteiger partial charge in [0.2, 0.25) is 5.91 Å². The average Bonchev–Trinajstić information content (AvgIpc) is 2.93. The number of carbonyl (C=O) groups excluding carboxylic acids is 2. The number of rotatable bonds is 11. The fourth-order valence-corrected chi connectivity index (χ4v) is 5.04. The van der Waals surface area contributed by atoms with Crippen LogP contribution in [0, 0.1) is 13.8 Å². The summed E-state index contributed by atoms with van der Waals surface area (Å²) in [5, 5.41) is 2.86. The van der Waals surface area contributed by atoms with E-state index in [0.717, 1.165) is 62.6 Å². The highest BCUT2D eigenvalue weighted by Gasteiger charge is 2.26. The molecule has 1 fully saturated rings. The first-order valence-electron chi connectivity index (χ1n) is 13.8. The maximum atomic E-state index is 12.6. The zero-order valence-electron chi connectivity index (χ0n) is 23.3. The molecular weight excluding hydrogens is 480 g/mol. The van der Waals surface area contributed by atoms with Crippen LogP contribution in [0.2, 0.25) is 0 Å². The lowest BCUT2D eigenvalue weighted by atomic mass is 10.0. The molecule has 4 rings (SSSR count). The second-order valence-electron chi connectivity index (χ2n) is 10.3. The van der Waals surface area contributed by atoms with Crippen molar-refractivity contribution in [2.24, 2.45) is 0 Å². The van der Waals surface area contributed by atoms with Crippen LogP contribution in [-0.4, -0.2) is 75.9 Å². The fourth-order valence-electron chi connectivity index (χ4n) is 5.04. The minimum atomic E-state index is -0.426. The predicted molar refractivity (Wildman–Crippen MR) is 151 cm³/mol. The van der Waals surface area contributed by atoms with Crippen LogP contribution in [-0.2, 0) is 20.7 Å². The first-order valence-corrected chi connectivity index (χ1v) is 13.8. The Kier molecular flexibility index (Phi) is 9.63. The van der Waals surface area contributed by atoms with Crippen LogP contribution in [0.4, 0.5) is 11.4 Å². The SMILES string of the molecule is CNC(C)C(=O)OCN1C(=O)CCc2ccc(OCCCCN3CCN(c4cccc(C)c4C)CC3)cc21. The summed E-state index contributed by atoms with van der Waals surface area (Å²) >= 11 is 0. The van der Waals surface area contributed by atoms with E-state index in [2.05, 4.69) is 47.2 Å². The van der Waals surface area contributed by atoms with Crippen molar-refractivity contribution in [2.45, 2.75) is 52.5 Å². The summed E-state index contributed by atoms with van der Waals surface area (Å²) in [5.41, 5.74) is 5.94. The van der Waals surface area contributed by atoms with E-state index in [4.69, 9.17) is 9.47 Å². The van der Waals surface area contributed by atoms with E-state index < -0.39 is 6.04 Å². The summed E-state index contributed by atoms with van der Waals surface area (Å²) in [4.78, 5) is 31.2. The van der Waals surface area contributed by atoms with E-state index in [1.165, 1.54) is 16.8 Å². The lowest BCUT2D eigenvalue weighted by molar-refractivity contribution is -0.146. The summed E-state index contributed by atoms with van der Waals surface area (Å²) in [6.45, 7) is 12.0. The minimum Gasteiger partial charge on any atom is -0.494 e. The zero-order chi connectivity index (χ0) is 27.1. The van der Waals surface area contributed by atoms with Crippen LogP contribution in [0.3, 0.4) is 0 Å². The van der Waals surface area contributed by atoms with Crippen molar-refractivity contribution in [3.05, 3.63) is 53.1 Å². The first kappa shape index (κ1) is 27.9. The molecule has 0 aliphatic carbocycles. The molecule has 2 aliphatic rings. The van der Waals surface area contributed by atoms with E-state index in [0.29, 0.717) is 19.4 Å². The maximum Gasteiger partial charge on any atom is 0.324 e. The molecule has 1 saturated heterocycles. The minimum absolute atomic E-state index is 0.0442. The quantitative estimate of drug-likeness (QED) is 0.357. The Bertz CT molecular complexity index is 1110. The third kappa shape index (κ3) is 6.85. The van der Waals surface area contributed by atoms with Crippen molar-refractivity contribution in [1.29, 1.82) is 0 Å². The molecule has 2 heterocycles. The Balaban J connectivity index is 1.21. The van der Waals surface area contributed by atoms with Crippen molar-refractivity contribution < 1.29 is 19.1 Å². The average molecular weight is 523 g/mol. The Morgan fingerprint density at radius 1 is 1.03 bits per heavy atom. The second-order valence-corrected chi connectivity index (χ2v) is 10.3. The third-order valence-electron chi connectivity index (χ3n) is 7.81. The normalized spacial score (nSPS) is 16.8. The van der Waals surface area contributed by atoms with E-state index in [9.17, 15) is 9.59 Å². The van der Waals surface area contributed by atoms with Gasteiger partial charge in [0.1, 0.15) is 11.8 Å². The molecule has 1 N–H and O–H groups in total. The first-order chi connectivity index (χ1) is 18.4. The Hall–Kier alpha value is -3.10. The molecule has 0 bridgehead atoms. The van der Waals surface area contributed by atoms with E-state index >= 15 is 0 Å². The van der Waals surface area contributed by atoms with Crippen molar-refractivity contribution in [1.82, 2.24) is 10.2 Å². The topological polar surface area (TPSA) is 74.3 Å². The third-order valence-corrected chi connectivity index (χ3v) is 7.81. The number of amides is 1. The molecule has 8 nitrogen and oxygen atoms in total. The molecule has 1 unspecified atom stereocenters. The number of benzene rings is 2. The van der Waals surface area contributed by atoms with Crippen molar-refractivity contribution in [2.75, 3.05) is 62.9 Å². The fraction of sp³-hybridized carbons (Fsp3) is 0.533. The molecule has 0 spiro atoms. The lowest BCUT2D eigenvalue weighted by Crippen LogP contribution is -2.46. The Morgan fingerprint density at radius 3 is 2.58 bits per heavy atom. The van der Waals surface area contributed by atoms with Crippen LogP contribution in [0.15, 0.2) is 36.4 Å². The number of hydrogen-bond acceptors (Lipinski definition) is 7. The van der Waals surface area contributed by atoms with Gasteiger partial charge in [0, 0.05) is 44.4 Å². The Labute approximate surface area is 226 Å². The summed E-state index contributed by atoms with van der Waals surface area (Å²) in [7, 11) is 1.70. The monoisotopic (exact) mass is 522 g/mol. The van der Waals surface area contributed by atoms with E-state index in [1.807, 2.05) is 18.2 Å². The number of carbonyl (C=O) groups is 2. The summed E-state index contributed by atoms with van der Waals surface area (Å²) in [6, 6.07) is 12.0. The Morgan fingerprint density at radius 2 is 1.82 bits per heavy atom. The van der Waals surface area contributed by atoms with E-state index in [-0.39, 0.29) is 18.6 Å². The predicted octanol–water partition coefficient (Wildman–Crippen LogP) is 3.67. The number of unbranched alkanes of at least 4 members (excludes halogenated alkanes) is 1. The van der Waals surface area contributed by atoms with Crippen molar-refractivity contribution in [3.8, 4) is 5.75 Å². The molecule has 8 heteroatoms. The molecule has 38 heavy (non-hydrogen) atoms. The maximum absolute atomic E-state index is 12.6. The number of nitrogens with one attached hydrogen (secondary N) is 1. The van der Waals surface area contributed by atoms with Gasteiger partial charge in [-0.25, -0.2) is 0 Å².